The van der Waals surface area contributed by atoms with Crippen LogP contribution in [0, 0.1) is 13.8 Å². The molecule has 0 spiro atoms. The van der Waals surface area contributed by atoms with Gasteiger partial charge in [-0.3, -0.25) is 4.79 Å². The molecular formula is C14H21NO2. The highest BCUT2D eigenvalue weighted by molar-refractivity contribution is 5.95. The third-order valence-electron chi connectivity index (χ3n) is 2.87. The first-order chi connectivity index (χ1) is 8.04. The third-order valence-corrected chi connectivity index (χ3v) is 2.87. The molecule has 0 aliphatic heterocycles. The number of aryl methyl sites for hydroxylation is 2. The Bertz CT molecular complexity index is 388. The molecule has 0 fully saturated rings. The molecule has 1 aromatic rings. The fourth-order valence-corrected chi connectivity index (χ4v) is 1.63. The Morgan fingerprint density at radius 3 is 2.76 bits per heavy atom. The van der Waals surface area contributed by atoms with Crippen LogP contribution < -0.4 is 5.32 Å². The van der Waals surface area contributed by atoms with Crippen LogP contribution in [0.2, 0.25) is 0 Å². The van der Waals surface area contributed by atoms with Gasteiger partial charge in [0.05, 0.1) is 6.10 Å². The van der Waals surface area contributed by atoms with E-state index in [1.54, 1.807) is 0 Å². The zero-order chi connectivity index (χ0) is 12.8. The molecule has 0 saturated carbocycles. The third kappa shape index (κ3) is 4.19. The molecule has 0 saturated heterocycles. The van der Waals surface area contributed by atoms with Crippen LogP contribution in [0.3, 0.4) is 0 Å². The molecule has 1 amide bonds. The predicted octanol–water partition coefficient (Wildman–Crippen LogP) is 2.19. The van der Waals surface area contributed by atoms with E-state index >= 15 is 0 Å². The van der Waals surface area contributed by atoms with Crippen molar-refractivity contribution in [2.75, 3.05) is 6.54 Å². The van der Waals surface area contributed by atoms with E-state index in [0.29, 0.717) is 13.0 Å². The Labute approximate surface area is 103 Å². The number of nitrogens with one attached hydrogen (secondary N) is 1. The Morgan fingerprint density at radius 1 is 1.41 bits per heavy atom. The molecule has 1 rings (SSSR count). The van der Waals surface area contributed by atoms with Crippen molar-refractivity contribution in [3.63, 3.8) is 0 Å². The minimum atomic E-state index is -0.325. The van der Waals surface area contributed by atoms with Crippen molar-refractivity contribution in [1.82, 2.24) is 5.32 Å². The van der Waals surface area contributed by atoms with Crippen LogP contribution in [0.1, 0.15) is 41.3 Å². The fraction of sp³-hybridized carbons (Fsp3) is 0.500. The van der Waals surface area contributed by atoms with Gasteiger partial charge in [0.2, 0.25) is 0 Å². The topological polar surface area (TPSA) is 49.3 Å². The lowest BCUT2D eigenvalue weighted by molar-refractivity contribution is 0.0941. The fourth-order valence-electron chi connectivity index (χ4n) is 1.63. The highest BCUT2D eigenvalue weighted by Gasteiger charge is 2.09. The normalized spacial score (nSPS) is 12.2. The van der Waals surface area contributed by atoms with Crippen molar-refractivity contribution < 1.29 is 9.90 Å². The van der Waals surface area contributed by atoms with Gasteiger partial charge in [0.15, 0.2) is 0 Å². The number of aliphatic hydroxyl groups is 1. The molecule has 3 nitrogen and oxygen atoms in total. The summed E-state index contributed by atoms with van der Waals surface area (Å²) in [5, 5.41) is 12.2. The van der Waals surface area contributed by atoms with E-state index in [4.69, 9.17) is 0 Å². The molecular weight excluding hydrogens is 214 g/mol. The van der Waals surface area contributed by atoms with Gasteiger partial charge in [-0.25, -0.2) is 0 Å². The quantitative estimate of drug-likeness (QED) is 0.822. The van der Waals surface area contributed by atoms with Crippen LogP contribution in [0.25, 0.3) is 0 Å². The Hall–Kier alpha value is -1.35. The first-order valence-electron chi connectivity index (χ1n) is 6.08. The summed E-state index contributed by atoms with van der Waals surface area (Å²) in [5.74, 6) is -0.0606. The SMILES string of the molecule is CCC(O)CCNC(=O)c1cc(C)ccc1C. The van der Waals surface area contributed by atoms with Gasteiger partial charge < -0.3 is 10.4 Å². The number of hydrogen-bond acceptors (Lipinski definition) is 2. The van der Waals surface area contributed by atoms with Crippen LogP contribution in [0.15, 0.2) is 18.2 Å². The number of aliphatic hydroxyl groups excluding tert-OH is 1. The Kier molecular flexibility index (Phi) is 5.16. The molecule has 0 bridgehead atoms. The molecule has 17 heavy (non-hydrogen) atoms. The van der Waals surface area contributed by atoms with E-state index in [2.05, 4.69) is 5.32 Å². The second-order valence-electron chi connectivity index (χ2n) is 4.43. The van der Waals surface area contributed by atoms with Gasteiger partial charge in [-0.2, -0.15) is 0 Å². The summed E-state index contributed by atoms with van der Waals surface area (Å²) in [6.07, 6.45) is 1.00. The van der Waals surface area contributed by atoms with E-state index in [1.165, 1.54) is 0 Å². The summed E-state index contributed by atoms with van der Waals surface area (Å²) in [7, 11) is 0. The predicted molar refractivity (Wildman–Crippen MR) is 69.2 cm³/mol. The van der Waals surface area contributed by atoms with Gasteiger partial charge in [0.25, 0.3) is 5.91 Å². The number of carbonyl (C=O) groups is 1. The van der Waals surface area contributed by atoms with Crippen LogP contribution >= 0.6 is 0 Å². The average molecular weight is 235 g/mol. The molecule has 0 heterocycles. The summed E-state index contributed by atoms with van der Waals surface area (Å²) in [4.78, 5) is 11.9. The smallest absolute Gasteiger partial charge is 0.251 e. The minimum Gasteiger partial charge on any atom is -0.393 e. The van der Waals surface area contributed by atoms with E-state index in [-0.39, 0.29) is 12.0 Å². The van der Waals surface area contributed by atoms with E-state index in [1.807, 2.05) is 39.0 Å². The van der Waals surface area contributed by atoms with E-state index < -0.39 is 0 Å². The summed E-state index contributed by atoms with van der Waals surface area (Å²) in [6.45, 7) is 6.34. The van der Waals surface area contributed by atoms with Gasteiger partial charge in [0, 0.05) is 12.1 Å². The molecule has 0 aromatic heterocycles. The number of benzene rings is 1. The number of hydrogen-bond donors (Lipinski definition) is 2. The van der Waals surface area contributed by atoms with Crippen LogP contribution in [-0.4, -0.2) is 23.7 Å². The Balaban J connectivity index is 2.55. The molecule has 3 heteroatoms. The van der Waals surface area contributed by atoms with Gasteiger partial charge >= 0.3 is 0 Å². The monoisotopic (exact) mass is 235 g/mol. The van der Waals surface area contributed by atoms with Crippen LogP contribution in [0.4, 0.5) is 0 Å². The molecule has 1 aromatic carbocycles. The van der Waals surface area contributed by atoms with Crippen molar-refractivity contribution in [3.8, 4) is 0 Å². The first kappa shape index (κ1) is 13.7. The van der Waals surface area contributed by atoms with Crippen molar-refractivity contribution in [2.45, 2.75) is 39.7 Å². The van der Waals surface area contributed by atoms with Crippen molar-refractivity contribution in [3.05, 3.63) is 34.9 Å². The second-order valence-corrected chi connectivity index (χ2v) is 4.43. The van der Waals surface area contributed by atoms with E-state index in [9.17, 15) is 9.90 Å². The lowest BCUT2D eigenvalue weighted by Crippen LogP contribution is -2.27. The molecule has 0 aliphatic carbocycles. The first-order valence-corrected chi connectivity index (χ1v) is 6.08. The molecule has 2 N–H and O–H groups in total. The standard InChI is InChI=1S/C14H21NO2/c1-4-12(16)7-8-15-14(17)13-9-10(2)5-6-11(13)3/h5-6,9,12,16H,4,7-8H2,1-3H3,(H,15,17). The van der Waals surface area contributed by atoms with Gasteiger partial charge in [-0.05, 0) is 38.3 Å². The zero-order valence-corrected chi connectivity index (χ0v) is 10.8. The highest BCUT2D eigenvalue weighted by Crippen LogP contribution is 2.10. The zero-order valence-electron chi connectivity index (χ0n) is 10.8. The number of amides is 1. The van der Waals surface area contributed by atoms with Crippen molar-refractivity contribution >= 4 is 5.91 Å². The maximum Gasteiger partial charge on any atom is 0.251 e. The lowest BCUT2D eigenvalue weighted by Gasteiger charge is -2.10. The van der Waals surface area contributed by atoms with Gasteiger partial charge in [-0.1, -0.05) is 24.6 Å². The lowest BCUT2D eigenvalue weighted by atomic mass is 10.1. The molecule has 1 atom stereocenters. The Morgan fingerprint density at radius 2 is 2.12 bits per heavy atom. The van der Waals surface area contributed by atoms with Gasteiger partial charge in [0.1, 0.15) is 0 Å². The second kappa shape index (κ2) is 6.40. The number of rotatable bonds is 5. The highest BCUT2D eigenvalue weighted by atomic mass is 16.3. The molecule has 1 unspecified atom stereocenters. The van der Waals surface area contributed by atoms with Crippen molar-refractivity contribution in [2.24, 2.45) is 0 Å². The van der Waals surface area contributed by atoms with Crippen LogP contribution in [0.5, 0.6) is 0 Å². The maximum atomic E-state index is 11.9. The summed E-state index contributed by atoms with van der Waals surface area (Å²) in [5.41, 5.74) is 2.77. The summed E-state index contributed by atoms with van der Waals surface area (Å²) >= 11 is 0. The summed E-state index contributed by atoms with van der Waals surface area (Å²) < 4.78 is 0. The van der Waals surface area contributed by atoms with Gasteiger partial charge in [-0.15, -0.1) is 0 Å². The largest absolute Gasteiger partial charge is 0.393 e. The maximum absolute atomic E-state index is 11.9. The summed E-state index contributed by atoms with van der Waals surface area (Å²) in [6, 6.07) is 5.83. The average Bonchev–Trinajstić information content (AvgIpc) is 2.31. The minimum absolute atomic E-state index is 0.0606. The molecule has 0 radical (unpaired) electrons. The van der Waals surface area contributed by atoms with Crippen molar-refractivity contribution in [1.29, 1.82) is 0 Å². The van der Waals surface area contributed by atoms with E-state index in [0.717, 1.165) is 23.1 Å². The molecule has 0 aliphatic rings. The number of carbonyl (C=O) groups excluding carboxylic acids is 1. The molecule has 94 valence electrons. The van der Waals surface area contributed by atoms with Crippen LogP contribution in [-0.2, 0) is 0 Å².